The maximum atomic E-state index is 11.9. The molecule has 0 aromatic rings. The number of nitrogens with one attached hydrogen (secondary N) is 1. The summed E-state index contributed by atoms with van der Waals surface area (Å²) in [6, 6.07) is -0.129. The van der Waals surface area contributed by atoms with Crippen molar-refractivity contribution in [2.45, 2.75) is 50.9 Å². The van der Waals surface area contributed by atoms with Gasteiger partial charge in [-0.15, -0.1) is 18.2 Å². The summed E-state index contributed by atoms with van der Waals surface area (Å²) in [5.41, 5.74) is 0. The van der Waals surface area contributed by atoms with E-state index in [9.17, 15) is 4.79 Å². The summed E-state index contributed by atoms with van der Waals surface area (Å²) in [6.45, 7) is 6.67. The molecule has 2 heterocycles. The monoisotopic (exact) mass is 324 g/mol. The third-order valence-corrected chi connectivity index (χ3v) is 5.98. The van der Waals surface area contributed by atoms with Gasteiger partial charge in [-0.2, -0.15) is 0 Å². The Hall–Kier alpha value is -0.860. The van der Waals surface area contributed by atoms with E-state index in [2.05, 4.69) is 25.1 Å². The molecule has 1 N–H and O–H groups in total. The van der Waals surface area contributed by atoms with Crippen LogP contribution in [0.2, 0.25) is 0 Å². The zero-order valence-electron chi connectivity index (χ0n) is 13.7. The largest absolute Gasteiger partial charge is 0.447 e. The number of hydrogen-bond acceptors (Lipinski definition) is 4. The maximum Gasteiger partial charge on any atom is 0.410 e. The molecule has 3 unspecified atom stereocenters. The van der Waals surface area contributed by atoms with Crippen molar-refractivity contribution in [3.63, 3.8) is 0 Å². The normalized spacial score (nSPS) is 25.6. The number of cyclic esters (lactones) is 1. The molecule has 0 aliphatic carbocycles. The molecule has 2 saturated heterocycles. The minimum atomic E-state index is -0.245. The van der Waals surface area contributed by atoms with Crippen LogP contribution >= 0.6 is 11.8 Å². The van der Waals surface area contributed by atoms with Crippen LogP contribution in [-0.4, -0.2) is 47.9 Å². The van der Waals surface area contributed by atoms with Gasteiger partial charge in [0.1, 0.15) is 6.61 Å². The molecule has 0 saturated carbocycles. The smallest absolute Gasteiger partial charge is 0.410 e. The second-order valence-corrected chi connectivity index (χ2v) is 7.63. The van der Waals surface area contributed by atoms with Crippen LogP contribution in [0.15, 0.2) is 0 Å². The Morgan fingerprint density at radius 3 is 2.95 bits per heavy atom. The lowest BCUT2D eigenvalue weighted by Crippen LogP contribution is -2.41. The van der Waals surface area contributed by atoms with Crippen LogP contribution in [0.5, 0.6) is 0 Å². The molecule has 2 fully saturated rings. The summed E-state index contributed by atoms with van der Waals surface area (Å²) in [6.07, 6.45) is 9.96. The van der Waals surface area contributed by atoms with Crippen molar-refractivity contribution in [3.05, 3.63) is 0 Å². The fourth-order valence-electron chi connectivity index (χ4n) is 3.26. The number of nitrogens with zero attached hydrogens (tertiary/aromatic N) is 1. The lowest BCUT2D eigenvalue weighted by Gasteiger charge is -2.31. The van der Waals surface area contributed by atoms with Gasteiger partial charge in [-0.25, -0.2) is 4.79 Å². The third-order valence-electron chi connectivity index (χ3n) is 4.74. The van der Waals surface area contributed by atoms with Crippen molar-refractivity contribution in [2.75, 3.05) is 25.4 Å². The van der Waals surface area contributed by atoms with E-state index >= 15 is 0 Å². The molecular weight excluding hydrogens is 296 g/mol. The van der Waals surface area contributed by atoms with Crippen LogP contribution in [0.25, 0.3) is 0 Å². The van der Waals surface area contributed by atoms with Crippen LogP contribution in [0.1, 0.15) is 39.5 Å². The van der Waals surface area contributed by atoms with Crippen LogP contribution in [-0.2, 0) is 4.74 Å². The Morgan fingerprint density at radius 1 is 1.59 bits per heavy atom. The number of rotatable bonds is 8. The zero-order chi connectivity index (χ0) is 15.9. The maximum absolute atomic E-state index is 11.9. The molecule has 2 aliphatic rings. The highest BCUT2D eigenvalue weighted by atomic mass is 32.2. The van der Waals surface area contributed by atoms with E-state index in [1.54, 1.807) is 4.90 Å². The van der Waals surface area contributed by atoms with E-state index in [1.165, 1.54) is 5.75 Å². The summed E-state index contributed by atoms with van der Waals surface area (Å²) in [5, 5.41) is 4.07. The van der Waals surface area contributed by atoms with Gasteiger partial charge in [-0.3, -0.25) is 4.90 Å². The Morgan fingerprint density at radius 2 is 2.41 bits per heavy atom. The van der Waals surface area contributed by atoms with Crippen LogP contribution in [0.4, 0.5) is 4.79 Å². The molecular formula is C17H28N2O2S. The van der Waals surface area contributed by atoms with Gasteiger partial charge >= 0.3 is 6.09 Å². The highest BCUT2D eigenvalue weighted by Gasteiger charge is 2.34. The van der Waals surface area contributed by atoms with Crippen molar-refractivity contribution in [2.24, 2.45) is 11.8 Å². The number of carbonyl (C=O) groups is 1. The second-order valence-electron chi connectivity index (χ2n) is 6.32. The molecule has 0 aromatic heterocycles. The van der Waals surface area contributed by atoms with Crippen molar-refractivity contribution in [3.8, 4) is 12.3 Å². The van der Waals surface area contributed by atoms with E-state index in [0.717, 1.165) is 32.2 Å². The number of ether oxygens (including phenoxy) is 1. The number of thioether (sulfide) groups is 1. The Balaban J connectivity index is 2.00. The Bertz CT molecular complexity index is 404. The number of amides is 1. The molecule has 4 atom stereocenters. The highest BCUT2D eigenvalue weighted by molar-refractivity contribution is 8.00. The molecule has 0 aromatic carbocycles. The second kappa shape index (κ2) is 8.69. The quantitative estimate of drug-likeness (QED) is 0.697. The number of terminal acetylenes is 1. The van der Waals surface area contributed by atoms with Gasteiger partial charge in [0.15, 0.2) is 0 Å². The fourth-order valence-corrected chi connectivity index (χ4v) is 4.32. The minimum Gasteiger partial charge on any atom is -0.447 e. The molecule has 2 aliphatic heterocycles. The predicted molar refractivity (Wildman–Crippen MR) is 91.7 cm³/mol. The van der Waals surface area contributed by atoms with E-state index in [0.29, 0.717) is 30.4 Å². The molecule has 22 heavy (non-hydrogen) atoms. The SMILES string of the molecule is C#CC([C@@H](CCC1NCCS1)CC(C)CC)N1CCOC1=O. The fraction of sp³-hybridized carbons (Fsp3) is 0.824. The summed E-state index contributed by atoms with van der Waals surface area (Å²) in [4.78, 5) is 13.6. The molecule has 2 rings (SSSR count). The van der Waals surface area contributed by atoms with E-state index in [4.69, 9.17) is 11.2 Å². The predicted octanol–water partition coefficient (Wildman–Crippen LogP) is 2.94. The van der Waals surface area contributed by atoms with E-state index < -0.39 is 0 Å². The van der Waals surface area contributed by atoms with Gasteiger partial charge in [-0.1, -0.05) is 26.2 Å². The van der Waals surface area contributed by atoms with Crippen molar-refractivity contribution in [1.29, 1.82) is 0 Å². The molecule has 4 nitrogen and oxygen atoms in total. The highest BCUT2D eigenvalue weighted by Crippen LogP contribution is 2.30. The van der Waals surface area contributed by atoms with Gasteiger partial charge in [0.05, 0.1) is 18.0 Å². The lowest BCUT2D eigenvalue weighted by molar-refractivity contribution is 0.139. The summed E-state index contributed by atoms with van der Waals surface area (Å²) < 4.78 is 5.08. The Kier molecular flexibility index (Phi) is 6.91. The van der Waals surface area contributed by atoms with Gasteiger partial charge < -0.3 is 10.1 Å². The summed E-state index contributed by atoms with van der Waals surface area (Å²) in [5.74, 6) is 5.05. The molecule has 1 amide bonds. The summed E-state index contributed by atoms with van der Waals surface area (Å²) in [7, 11) is 0. The first-order chi connectivity index (χ1) is 10.7. The topological polar surface area (TPSA) is 41.6 Å². The van der Waals surface area contributed by atoms with Gasteiger partial charge in [0, 0.05) is 12.3 Å². The molecule has 124 valence electrons. The lowest BCUT2D eigenvalue weighted by atomic mass is 9.84. The van der Waals surface area contributed by atoms with Crippen molar-refractivity contribution in [1.82, 2.24) is 10.2 Å². The standard InChI is InChI=1S/C17H28N2O2S/c1-4-13(3)12-14(6-7-16-18-8-11-22-16)15(5-2)19-9-10-21-17(19)20/h2,13-16,18H,4,6-12H2,1,3H3/t13?,14-,15?,16?/m0/s1. The number of hydrogen-bond donors (Lipinski definition) is 1. The minimum absolute atomic E-state index is 0.129. The summed E-state index contributed by atoms with van der Waals surface area (Å²) >= 11 is 1.99. The number of carbonyl (C=O) groups excluding carboxylic acids is 1. The van der Waals surface area contributed by atoms with Gasteiger partial charge in [0.2, 0.25) is 0 Å². The van der Waals surface area contributed by atoms with Gasteiger partial charge in [-0.05, 0) is 31.1 Å². The van der Waals surface area contributed by atoms with Crippen LogP contribution in [0, 0.1) is 24.2 Å². The third kappa shape index (κ3) is 4.57. The van der Waals surface area contributed by atoms with Crippen LogP contribution < -0.4 is 5.32 Å². The first kappa shape index (κ1) is 17.5. The van der Waals surface area contributed by atoms with Gasteiger partial charge in [0.25, 0.3) is 0 Å². The van der Waals surface area contributed by atoms with Crippen molar-refractivity contribution >= 4 is 17.9 Å². The first-order valence-electron chi connectivity index (χ1n) is 8.40. The average molecular weight is 324 g/mol. The molecule has 0 spiro atoms. The van der Waals surface area contributed by atoms with Crippen LogP contribution in [0.3, 0.4) is 0 Å². The Labute approximate surface area is 138 Å². The van der Waals surface area contributed by atoms with E-state index in [-0.39, 0.29) is 12.1 Å². The van der Waals surface area contributed by atoms with Crippen molar-refractivity contribution < 1.29 is 9.53 Å². The molecule has 0 bridgehead atoms. The zero-order valence-corrected chi connectivity index (χ0v) is 14.5. The van der Waals surface area contributed by atoms with E-state index in [1.807, 2.05) is 11.8 Å². The average Bonchev–Trinajstić information content (AvgIpc) is 3.17. The molecule has 5 heteroatoms. The molecule has 0 radical (unpaired) electrons. The first-order valence-corrected chi connectivity index (χ1v) is 9.45.